The van der Waals surface area contributed by atoms with Gasteiger partial charge in [-0.15, -0.1) is 0 Å². The molecule has 0 aromatic rings. The van der Waals surface area contributed by atoms with Gasteiger partial charge in [0.05, 0.1) is 0 Å². The normalized spacial score (nSPS) is 38.2. The molecule has 0 aliphatic heterocycles. The predicted octanol–water partition coefficient (Wildman–Crippen LogP) is 1.93. The van der Waals surface area contributed by atoms with E-state index < -0.39 is 0 Å². The molecule has 0 aromatic carbocycles. The Bertz CT molecular complexity index is 181. The quantitative estimate of drug-likeness (QED) is 0.497. The summed E-state index contributed by atoms with van der Waals surface area (Å²) in [5.74, 6) is 1.93. The molecule has 2 rings (SSSR count). The van der Waals surface area contributed by atoms with E-state index in [2.05, 4.69) is 6.08 Å². The van der Waals surface area contributed by atoms with Crippen LogP contribution in [0.25, 0.3) is 0 Å². The number of fused-ring (bicyclic) bond motifs is 1. The van der Waals surface area contributed by atoms with Crippen LogP contribution >= 0.6 is 0 Å². The number of hydrogen-bond donors (Lipinski definition) is 0. The fourth-order valence-corrected chi connectivity index (χ4v) is 1.85. The highest BCUT2D eigenvalue weighted by Gasteiger charge is 2.30. The van der Waals surface area contributed by atoms with Crippen molar-refractivity contribution in [2.45, 2.75) is 25.7 Å². The predicted molar refractivity (Wildman–Crippen MR) is 39.6 cm³/mol. The maximum Gasteiger partial charge on any atom is 0.155 e. The van der Waals surface area contributed by atoms with Crippen LogP contribution < -0.4 is 0 Å². The van der Waals surface area contributed by atoms with Gasteiger partial charge < -0.3 is 0 Å². The van der Waals surface area contributed by atoms with Gasteiger partial charge in [-0.05, 0) is 37.2 Å². The van der Waals surface area contributed by atoms with E-state index in [9.17, 15) is 4.79 Å². The Morgan fingerprint density at radius 1 is 1.30 bits per heavy atom. The van der Waals surface area contributed by atoms with Crippen molar-refractivity contribution in [3.8, 4) is 0 Å². The molecular formula is C9H12O. The summed E-state index contributed by atoms with van der Waals surface area (Å²) in [4.78, 5) is 10.9. The zero-order valence-electron chi connectivity index (χ0n) is 6.05. The van der Waals surface area contributed by atoms with Crippen LogP contribution in [-0.4, -0.2) is 5.78 Å². The van der Waals surface area contributed by atoms with Crippen LogP contribution in [0, 0.1) is 11.8 Å². The number of carbonyl (C=O) groups is 1. The van der Waals surface area contributed by atoms with Gasteiger partial charge in [0.2, 0.25) is 0 Å². The topological polar surface area (TPSA) is 17.1 Å². The molecule has 0 radical (unpaired) electrons. The summed E-state index contributed by atoms with van der Waals surface area (Å²) >= 11 is 0. The van der Waals surface area contributed by atoms with Crippen LogP contribution in [-0.2, 0) is 4.79 Å². The summed E-state index contributed by atoms with van der Waals surface area (Å²) in [6.07, 6.45) is 8.48. The standard InChI is InChI=1S/C9H12O/c10-9-5-3-7-1-2-8(7)4-6-9/h3,5,7-8H,1-2,4,6H2/t7-,8+/m1/s1. The molecule has 2 aliphatic carbocycles. The Morgan fingerprint density at radius 2 is 2.20 bits per heavy atom. The maximum atomic E-state index is 10.9. The first-order chi connectivity index (χ1) is 4.86. The molecule has 0 bridgehead atoms. The molecule has 0 unspecified atom stereocenters. The SMILES string of the molecule is O=C1C=C[C@H]2CC[C@H]2CC1. The summed E-state index contributed by atoms with van der Waals surface area (Å²) in [5.41, 5.74) is 0. The van der Waals surface area contributed by atoms with Crippen molar-refractivity contribution in [3.63, 3.8) is 0 Å². The molecular weight excluding hydrogens is 124 g/mol. The molecule has 0 saturated heterocycles. The summed E-state index contributed by atoms with van der Waals surface area (Å²) in [5, 5.41) is 0. The average Bonchev–Trinajstić information content (AvgIpc) is 1.94. The molecule has 0 N–H and O–H groups in total. The first kappa shape index (κ1) is 6.14. The summed E-state index contributed by atoms with van der Waals surface area (Å²) in [6.45, 7) is 0. The van der Waals surface area contributed by atoms with E-state index in [1.165, 1.54) is 12.8 Å². The Hall–Kier alpha value is -0.590. The second kappa shape index (κ2) is 2.22. The van der Waals surface area contributed by atoms with Crippen molar-refractivity contribution < 1.29 is 4.79 Å². The Kier molecular flexibility index (Phi) is 1.37. The largest absolute Gasteiger partial charge is 0.295 e. The summed E-state index contributed by atoms with van der Waals surface area (Å²) in [7, 11) is 0. The number of allylic oxidation sites excluding steroid dienone is 2. The van der Waals surface area contributed by atoms with Crippen LogP contribution in [0.2, 0.25) is 0 Å². The van der Waals surface area contributed by atoms with Crippen molar-refractivity contribution in [1.82, 2.24) is 0 Å². The molecule has 1 nitrogen and oxygen atoms in total. The minimum atomic E-state index is 0.328. The minimum absolute atomic E-state index is 0.328. The summed E-state index contributed by atoms with van der Waals surface area (Å²) in [6, 6.07) is 0. The van der Waals surface area contributed by atoms with E-state index in [0.29, 0.717) is 5.78 Å². The molecule has 10 heavy (non-hydrogen) atoms. The van der Waals surface area contributed by atoms with Crippen LogP contribution in [0.5, 0.6) is 0 Å². The van der Waals surface area contributed by atoms with Gasteiger partial charge in [-0.2, -0.15) is 0 Å². The molecule has 54 valence electrons. The molecule has 0 amide bonds. The monoisotopic (exact) mass is 136 g/mol. The molecule has 2 atom stereocenters. The van der Waals surface area contributed by atoms with E-state index in [0.717, 1.165) is 24.7 Å². The number of carbonyl (C=O) groups excluding carboxylic acids is 1. The van der Waals surface area contributed by atoms with Gasteiger partial charge in [0, 0.05) is 6.42 Å². The van der Waals surface area contributed by atoms with Crippen LogP contribution in [0.15, 0.2) is 12.2 Å². The van der Waals surface area contributed by atoms with Crippen molar-refractivity contribution in [1.29, 1.82) is 0 Å². The van der Waals surface area contributed by atoms with Crippen LogP contribution in [0.3, 0.4) is 0 Å². The third kappa shape index (κ3) is 0.898. The third-order valence-electron chi connectivity index (χ3n) is 2.77. The number of rotatable bonds is 0. The van der Waals surface area contributed by atoms with Gasteiger partial charge in [-0.25, -0.2) is 0 Å². The highest BCUT2D eigenvalue weighted by Crippen LogP contribution is 2.39. The van der Waals surface area contributed by atoms with Gasteiger partial charge in [0.25, 0.3) is 0 Å². The van der Waals surface area contributed by atoms with Crippen molar-refractivity contribution in [2.75, 3.05) is 0 Å². The average molecular weight is 136 g/mol. The van der Waals surface area contributed by atoms with E-state index in [4.69, 9.17) is 0 Å². The molecule has 0 aromatic heterocycles. The highest BCUT2D eigenvalue weighted by molar-refractivity contribution is 5.89. The lowest BCUT2D eigenvalue weighted by Gasteiger charge is -2.33. The van der Waals surface area contributed by atoms with Crippen LogP contribution in [0.1, 0.15) is 25.7 Å². The first-order valence-electron chi connectivity index (χ1n) is 4.07. The Balaban J connectivity index is 2.09. The highest BCUT2D eigenvalue weighted by atomic mass is 16.1. The Labute approximate surface area is 61.1 Å². The van der Waals surface area contributed by atoms with Crippen molar-refractivity contribution in [2.24, 2.45) is 11.8 Å². The minimum Gasteiger partial charge on any atom is -0.295 e. The third-order valence-corrected chi connectivity index (χ3v) is 2.77. The zero-order chi connectivity index (χ0) is 6.97. The van der Waals surface area contributed by atoms with Crippen LogP contribution in [0.4, 0.5) is 0 Å². The maximum absolute atomic E-state index is 10.9. The second-order valence-corrected chi connectivity index (χ2v) is 3.37. The molecule has 1 saturated carbocycles. The van der Waals surface area contributed by atoms with Gasteiger partial charge in [0.1, 0.15) is 0 Å². The van der Waals surface area contributed by atoms with E-state index >= 15 is 0 Å². The lowest BCUT2D eigenvalue weighted by atomic mass is 9.72. The lowest BCUT2D eigenvalue weighted by molar-refractivity contribution is -0.114. The lowest BCUT2D eigenvalue weighted by Crippen LogP contribution is -2.22. The van der Waals surface area contributed by atoms with E-state index in [-0.39, 0.29) is 0 Å². The van der Waals surface area contributed by atoms with E-state index in [1.54, 1.807) is 6.08 Å². The van der Waals surface area contributed by atoms with Crippen molar-refractivity contribution >= 4 is 5.78 Å². The number of ketones is 1. The molecule has 1 heteroatoms. The van der Waals surface area contributed by atoms with E-state index in [1.807, 2.05) is 0 Å². The fourth-order valence-electron chi connectivity index (χ4n) is 1.85. The van der Waals surface area contributed by atoms with Gasteiger partial charge >= 0.3 is 0 Å². The van der Waals surface area contributed by atoms with Gasteiger partial charge in [-0.1, -0.05) is 6.08 Å². The van der Waals surface area contributed by atoms with Gasteiger partial charge in [-0.3, -0.25) is 4.79 Å². The summed E-state index contributed by atoms with van der Waals surface area (Å²) < 4.78 is 0. The molecule has 2 aliphatic rings. The smallest absolute Gasteiger partial charge is 0.155 e. The first-order valence-corrected chi connectivity index (χ1v) is 4.07. The zero-order valence-corrected chi connectivity index (χ0v) is 6.05. The molecule has 1 fully saturated rings. The number of hydrogen-bond acceptors (Lipinski definition) is 1. The van der Waals surface area contributed by atoms with Crippen molar-refractivity contribution in [3.05, 3.63) is 12.2 Å². The second-order valence-electron chi connectivity index (χ2n) is 3.37. The molecule has 0 heterocycles. The Morgan fingerprint density at radius 3 is 2.90 bits per heavy atom. The fraction of sp³-hybridized carbons (Fsp3) is 0.667. The molecule has 0 spiro atoms. The van der Waals surface area contributed by atoms with Gasteiger partial charge in [0.15, 0.2) is 5.78 Å².